The van der Waals surface area contributed by atoms with Crippen molar-refractivity contribution in [3.63, 3.8) is 0 Å². The van der Waals surface area contributed by atoms with E-state index in [-0.39, 0.29) is 41.4 Å². The first-order valence-corrected chi connectivity index (χ1v) is 9.35. The fourth-order valence-corrected chi connectivity index (χ4v) is 4.24. The van der Waals surface area contributed by atoms with Gasteiger partial charge in [-0.15, -0.1) is 0 Å². The Morgan fingerprint density at radius 2 is 2.04 bits per heavy atom. The average molecular weight is 383 g/mol. The van der Waals surface area contributed by atoms with Gasteiger partial charge in [-0.1, -0.05) is 6.92 Å². The van der Waals surface area contributed by atoms with E-state index >= 15 is 0 Å². The Labute approximate surface area is 162 Å². The van der Waals surface area contributed by atoms with Crippen molar-refractivity contribution in [3.05, 3.63) is 47.5 Å². The zero-order valence-corrected chi connectivity index (χ0v) is 15.7. The fourth-order valence-electron chi connectivity index (χ4n) is 4.24. The second-order valence-electron chi connectivity index (χ2n) is 7.53. The minimum absolute atomic E-state index is 0.00674. The van der Waals surface area contributed by atoms with Gasteiger partial charge in [-0.3, -0.25) is 9.59 Å². The van der Waals surface area contributed by atoms with Crippen LogP contribution in [0.25, 0.3) is 0 Å². The monoisotopic (exact) mass is 383 g/mol. The van der Waals surface area contributed by atoms with Crippen molar-refractivity contribution in [1.29, 1.82) is 0 Å². The first-order chi connectivity index (χ1) is 13.4. The molecule has 1 aromatic carbocycles. The number of primary amides is 1. The van der Waals surface area contributed by atoms with Gasteiger partial charge in [0.1, 0.15) is 11.5 Å². The number of nitrogens with two attached hydrogens (primary N) is 1. The zero-order chi connectivity index (χ0) is 20.0. The minimum atomic E-state index is -0.646. The Bertz CT molecular complexity index is 946. The predicted octanol–water partition coefficient (Wildman–Crippen LogP) is 2.65. The SMILES string of the molecule is CC(=O)N1c2ccc(F)cc2[C@H](Nc2nccc(C(N)=O)n2)[C@@H](C)[C@H]1C1CC1. The van der Waals surface area contributed by atoms with E-state index in [0.717, 1.165) is 12.8 Å². The molecule has 146 valence electrons. The molecule has 8 heteroatoms. The molecule has 7 nitrogen and oxygen atoms in total. The van der Waals surface area contributed by atoms with Crippen molar-refractivity contribution in [2.75, 3.05) is 10.2 Å². The third kappa shape index (κ3) is 3.19. The average Bonchev–Trinajstić information content (AvgIpc) is 3.48. The molecule has 0 unspecified atom stereocenters. The number of nitrogens with zero attached hydrogens (tertiary/aromatic N) is 3. The molecule has 1 aliphatic carbocycles. The molecule has 0 saturated heterocycles. The van der Waals surface area contributed by atoms with E-state index in [1.54, 1.807) is 17.9 Å². The Hall–Kier alpha value is -3.03. The molecule has 3 atom stereocenters. The molecule has 0 radical (unpaired) electrons. The van der Waals surface area contributed by atoms with Gasteiger partial charge >= 0.3 is 0 Å². The summed E-state index contributed by atoms with van der Waals surface area (Å²) in [4.78, 5) is 34.0. The topological polar surface area (TPSA) is 101 Å². The first kappa shape index (κ1) is 18.3. The van der Waals surface area contributed by atoms with E-state index in [1.807, 2.05) is 6.92 Å². The number of benzene rings is 1. The molecule has 1 aliphatic heterocycles. The van der Waals surface area contributed by atoms with Crippen molar-refractivity contribution >= 4 is 23.5 Å². The number of fused-ring (bicyclic) bond motifs is 1. The fraction of sp³-hybridized carbons (Fsp3) is 0.400. The summed E-state index contributed by atoms with van der Waals surface area (Å²) in [5.41, 5.74) is 6.79. The highest BCUT2D eigenvalue weighted by molar-refractivity contribution is 5.94. The van der Waals surface area contributed by atoms with Gasteiger partial charge in [0.15, 0.2) is 0 Å². The summed E-state index contributed by atoms with van der Waals surface area (Å²) < 4.78 is 14.1. The van der Waals surface area contributed by atoms with Crippen LogP contribution in [0.3, 0.4) is 0 Å². The molecule has 2 aromatic rings. The normalized spacial score (nSPS) is 23.8. The minimum Gasteiger partial charge on any atom is -0.364 e. The maximum absolute atomic E-state index is 14.1. The molecule has 0 spiro atoms. The lowest BCUT2D eigenvalue weighted by atomic mass is 9.80. The molecule has 1 saturated carbocycles. The van der Waals surface area contributed by atoms with Gasteiger partial charge in [-0.25, -0.2) is 14.4 Å². The molecule has 1 fully saturated rings. The van der Waals surface area contributed by atoms with Crippen LogP contribution >= 0.6 is 0 Å². The van der Waals surface area contributed by atoms with Gasteiger partial charge in [-0.05, 0) is 43.0 Å². The van der Waals surface area contributed by atoms with Crippen molar-refractivity contribution in [2.45, 2.75) is 38.8 Å². The number of hydrogen-bond donors (Lipinski definition) is 2. The van der Waals surface area contributed by atoms with Crippen LogP contribution in [0.4, 0.5) is 16.0 Å². The van der Waals surface area contributed by atoms with Gasteiger partial charge in [-0.2, -0.15) is 0 Å². The number of amides is 2. The van der Waals surface area contributed by atoms with Gasteiger partial charge in [0.2, 0.25) is 11.9 Å². The van der Waals surface area contributed by atoms with Crippen molar-refractivity contribution in [2.24, 2.45) is 17.6 Å². The standard InChI is InChI=1S/C20H22FN5O2/c1-10-17(25-20-23-8-7-15(24-20)19(22)28)14-9-13(21)5-6-16(14)26(11(2)27)18(10)12-3-4-12/h5-10,12,17-18H,3-4H2,1-2H3,(H2,22,28)(H,23,24,25)/t10-,17-,18+/m1/s1. The summed E-state index contributed by atoms with van der Waals surface area (Å²) in [6.07, 6.45) is 3.58. The van der Waals surface area contributed by atoms with Gasteiger partial charge in [0.05, 0.1) is 6.04 Å². The van der Waals surface area contributed by atoms with Crippen LogP contribution in [-0.2, 0) is 4.79 Å². The largest absolute Gasteiger partial charge is 0.364 e. The molecule has 28 heavy (non-hydrogen) atoms. The van der Waals surface area contributed by atoms with E-state index in [0.29, 0.717) is 17.2 Å². The molecule has 2 aliphatic rings. The highest BCUT2D eigenvalue weighted by atomic mass is 19.1. The third-order valence-corrected chi connectivity index (χ3v) is 5.58. The van der Waals surface area contributed by atoms with Crippen LogP contribution in [0.5, 0.6) is 0 Å². The van der Waals surface area contributed by atoms with Gasteiger partial charge < -0.3 is 16.0 Å². The van der Waals surface area contributed by atoms with Crippen LogP contribution in [0.15, 0.2) is 30.5 Å². The van der Waals surface area contributed by atoms with Crippen molar-refractivity contribution in [3.8, 4) is 0 Å². The van der Waals surface area contributed by atoms with Crippen LogP contribution in [0.2, 0.25) is 0 Å². The highest BCUT2D eigenvalue weighted by Gasteiger charge is 2.47. The first-order valence-electron chi connectivity index (χ1n) is 9.35. The Morgan fingerprint density at radius 1 is 1.29 bits per heavy atom. The van der Waals surface area contributed by atoms with Crippen LogP contribution in [-0.4, -0.2) is 27.8 Å². The van der Waals surface area contributed by atoms with Crippen molar-refractivity contribution in [1.82, 2.24) is 9.97 Å². The molecular formula is C20H22FN5O2. The molecule has 3 N–H and O–H groups in total. The number of hydrogen-bond acceptors (Lipinski definition) is 5. The third-order valence-electron chi connectivity index (χ3n) is 5.58. The second-order valence-corrected chi connectivity index (χ2v) is 7.53. The molecule has 4 rings (SSSR count). The highest BCUT2D eigenvalue weighted by Crippen LogP contribution is 2.49. The van der Waals surface area contributed by atoms with Crippen molar-refractivity contribution < 1.29 is 14.0 Å². The molecule has 1 aromatic heterocycles. The summed E-state index contributed by atoms with van der Waals surface area (Å²) in [7, 11) is 0. The number of carbonyl (C=O) groups excluding carboxylic acids is 2. The van der Waals surface area contributed by atoms with Gasteiger partial charge in [0, 0.05) is 36.3 Å². The number of aromatic nitrogens is 2. The second kappa shape index (κ2) is 6.85. The summed E-state index contributed by atoms with van der Waals surface area (Å²) in [6, 6.07) is 5.61. The van der Waals surface area contributed by atoms with Crippen LogP contribution < -0.4 is 16.0 Å². The quantitative estimate of drug-likeness (QED) is 0.845. The lowest BCUT2D eigenvalue weighted by molar-refractivity contribution is -0.117. The Morgan fingerprint density at radius 3 is 2.68 bits per heavy atom. The van der Waals surface area contributed by atoms with E-state index in [9.17, 15) is 14.0 Å². The summed E-state index contributed by atoms with van der Waals surface area (Å²) in [6.45, 7) is 3.59. The lowest BCUT2D eigenvalue weighted by Gasteiger charge is -2.45. The molecule has 0 bridgehead atoms. The predicted molar refractivity (Wildman–Crippen MR) is 102 cm³/mol. The lowest BCUT2D eigenvalue weighted by Crippen LogP contribution is -2.51. The Balaban J connectivity index is 1.78. The maximum Gasteiger partial charge on any atom is 0.267 e. The van der Waals surface area contributed by atoms with Crippen LogP contribution in [0, 0.1) is 17.7 Å². The van der Waals surface area contributed by atoms with Crippen LogP contribution in [0.1, 0.15) is 48.8 Å². The number of halogens is 1. The van der Waals surface area contributed by atoms with Gasteiger partial charge in [0.25, 0.3) is 5.91 Å². The molecular weight excluding hydrogens is 361 g/mol. The summed E-state index contributed by atoms with van der Waals surface area (Å²) in [5.74, 6) is -0.424. The number of rotatable bonds is 4. The summed E-state index contributed by atoms with van der Waals surface area (Å²) >= 11 is 0. The number of anilines is 2. The van der Waals surface area contributed by atoms with E-state index in [1.165, 1.54) is 24.4 Å². The molecule has 2 heterocycles. The Kier molecular flexibility index (Phi) is 4.49. The number of nitrogens with one attached hydrogen (secondary N) is 1. The smallest absolute Gasteiger partial charge is 0.267 e. The summed E-state index contributed by atoms with van der Waals surface area (Å²) in [5, 5.41) is 3.25. The maximum atomic E-state index is 14.1. The van der Waals surface area contributed by atoms with E-state index < -0.39 is 5.91 Å². The number of carbonyl (C=O) groups is 2. The zero-order valence-electron chi connectivity index (χ0n) is 15.7. The molecule has 2 amide bonds. The van der Waals surface area contributed by atoms with E-state index in [2.05, 4.69) is 15.3 Å². The van der Waals surface area contributed by atoms with E-state index in [4.69, 9.17) is 5.73 Å².